The number of rotatable bonds is 5. The molecule has 0 unspecified atom stereocenters. The van der Waals surface area contributed by atoms with Gasteiger partial charge in [0.1, 0.15) is 0 Å². The molecule has 1 N–H and O–H groups in total. The molecule has 6 heteroatoms. The molecule has 1 fully saturated rings. The molecule has 0 bridgehead atoms. The second-order valence-corrected chi connectivity index (χ2v) is 7.49. The van der Waals surface area contributed by atoms with Crippen molar-refractivity contribution < 1.29 is 4.79 Å². The smallest absolute Gasteiger partial charge is 0.226 e. The second kappa shape index (κ2) is 7.99. The third kappa shape index (κ3) is 4.48. The molecule has 24 heavy (non-hydrogen) atoms. The van der Waals surface area contributed by atoms with E-state index in [0.29, 0.717) is 24.0 Å². The van der Waals surface area contributed by atoms with Crippen LogP contribution < -0.4 is 10.1 Å². The van der Waals surface area contributed by atoms with Gasteiger partial charge in [-0.2, -0.15) is 0 Å². The van der Waals surface area contributed by atoms with Gasteiger partial charge in [-0.1, -0.05) is 36.6 Å². The zero-order valence-electron chi connectivity index (χ0n) is 13.8. The molecule has 3 rings (SSSR count). The van der Waals surface area contributed by atoms with Gasteiger partial charge in [-0.15, -0.1) is 11.3 Å². The topological polar surface area (TPSA) is 46.4 Å². The van der Waals surface area contributed by atoms with Crippen LogP contribution in [0, 0.1) is 0 Å². The van der Waals surface area contributed by atoms with Crippen molar-refractivity contribution in [1.29, 1.82) is 0 Å². The third-order valence-electron chi connectivity index (χ3n) is 4.38. The molecule has 1 heterocycles. The number of carbonyl (C=O) groups is 1. The summed E-state index contributed by atoms with van der Waals surface area (Å²) in [5.74, 6) is 0.0192. The fraction of sp³-hybridized carbons (Fsp3) is 0.444. The van der Waals surface area contributed by atoms with E-state index in [9.17, 15) is 4.79 Å². The van der Waals surface area contributed by atoms with Crippen LogP contribution in [0.5, 0.6) is 0 Å². The van der Waals surface area contributed by atoms with Crippen LogP contribution in [-0.2, 0) is 24.8 Å². The predicted molar refractivity (Wildman–Crippen MR) is 98.1 cm³/mol. The highest BCUT2D eigenvalue weighted by molar-refractivity contribution is 7.07. The highest BCUT2D eigenvalue weighted by Crippen LogP contribution is 2.20. The Labute approximate surface area is 151 Å². The molecule has 0 atom stereocenters. The zero-order valence-corrected chi connectivity index (χ0v) is 15.4. The Morgan fingerprint density at radius 1 is 1.33 bits per heavy atom. The summed E-state index contributed by atoms with van der Waals surface area (Å²) < 4.78 is 2.05. The van der Waals surface area contributed by atoms with Gasteiger partial charge in [-0.05, 0) is 30.5 Å². The highest BCUT2D eigenvalue weighted by atomic mass is 35.5. The van der Waals surface area contributed by atoms with Crippen LogP contribution >= 0.6 is 22.9 Å². The van der Waals surface area contributed by atoms with Crippen molar-refractivity contribution in [2.45, 2.75) is 44.7 Å². The average molecular weight is 364 g/mol. The molecule has 0 saturated heterocycles. The quantitative estimate of drug-likeness (QED) is 0.869. The van der Waals surface area contributed by atoms with E-state index in [-0.39, 0.29) is 5.91 Å². The maximum absolute atomic E-state index is 12.2. The molecule has 0 radical (unpaired) electrons. The number of nitrogens with one attached hydrogen (secondary N) is 1. The Balaban J connectivity index is 1.58. The normalized spacial score (nSPS) is 15.8. The molecule has 1 aliphatic carbocycles. The number of halogens is 1. The van der Waals surface area contributed by atoms with E-state index in [1.807, 2.05) is 41.3 Å². The van der Waals surface area contributed by atoms with Crippen LogP contribution in [0.1, 0.15) is 36.9 Å². The number of benzene rings is 1. The van der Waals surface area contributed by atoms with Crippen LogP contribution in [0.15, 0.2) is 34.6 Å². The minimum Gasteiger partial charge on any atom is -0.352 e. The first-order valence-electron chi connectivity index (χ1n) is 8.30. The van der Waals surface area contributed by atoms with Gasteiger partial charge in [0.15, 0.2) is 4.80 Å². The number of nitrogens with zero attached hydrogens (tertiary/aromatic N) is 2. The molecule has 4 nitrogen and oxygen atoms in total. The summed E-state index contributed by atoms with van der Waals surface area (Å²) in [7, 11) is 1.99. The van der Waals surface area contributed by atoms with Gasteiger partial charge in [0.05, 0.1) is 12.5 Å². The van der Waals surface area contributed by atoms with Crippen LogP contribution in [0.25, 0.3) is 0 Å². The number of thiazole rings is 1. The lowest BCUT2D eigenvalue weighted by Crippen LogP contribution is -2.26. The predicted octanol–water partition coefficient (Wildman–Crippen LogP) is 3.44. The van der Waals surface area contributed by atoms with Crippen molar-refractivity contribution in [3.8, 4) is 0 Å². The molecule has 1 aromatic heterocycles. The first kappa shape index (κ1) is 17.2. The van der Waals surface area contributed by atoms with Crippen LogP contribution in [0.2, 0.25) is 5.02 Å². The number of amides is 1. The fourth-order valence-electron chi connectivity index (χ4n) is 2.90. The lowest BCUT2D eigenvalue weighted by Gasteiger charge is -2.07. The van der Waals surface area contributed by atoms with E-state index in [1.54, 1.807) is 11.3 Å². The van der Waals surface area contributed by atoms with E-state index >= 15 is 0 Å². The standard InChI is InChI=1S/C18H22ClN3OS/c1-22-16(12-24-18(22)21-15-4-2-3-5-15)10-17(23)20-11-13-6-8-14(19)9-7-13/h6-9,12,15H,2-5,10-11H2,1H3,(H,20,23). The molecule has 128 valence electrons. The van der Waals surface area contributed by atoms with Gasteiger partial charge in [-0.25, -0.2) is 0 Å². The molecule has 1 amide bonds. The summed E-state index contributed by atoms with van der Waals surface area (Å²) in [4.78, 5) is 18.0. The van der Waals surface area contributed by atoms with Crippen molar-refractivity contribution in [3.05, 3.63) is 50.7 Å². The highest BCUT2D eigenvalue weighted by Gasteiger charge is 2.14. The van der Waals surface area contributed by atoms with Gasteiger partial charge in [0.25, 0.3) is 0 Å². The van der Waals surface area contributed by atoms with E-state index in [2.05, 4.69) is 5.32 Å². The van der Waals surface area contributed by atoms with Crippen molar-refractivity contribution in [2.75, 3.05) is 0 Å². The zero-order chi connectivity index (χ0) is 16.9. The summed E-state index contributed by atoms with van der Waals surface area (Å²) in [6.45, 7) is 0.517. The third-order valence-corrected chi connectivity index (χ3v) is 5.61. The van der Waals surface area contributed by atoms with Gasteiger partial charge in [-0.3, -0.25) is 9.79 Å². The lowest BCUT2D eigenvalue weighted by molar-refractivity contribution is -0.120. The number of hydrogen-bond donors (Lipinski definition) is 1. The van der Waals surface area contributed by atoms with Crippen molar-refractivity contribution in [2.24, 2.45) is 12.0 Å². The SMILES string of the molecule is Cn1c(CC(=O)NCc2ccc(Cl)cc2)csc1=NC1CCCC1. The van der Waals surface area contributed by atoms with Crippen LogP contribution in [0.3, 0.4) is 0 Å². The molecule has 0 aliphatic heterocycles. The maximum Gasteiger partial charge on any atom is 0.226 e. The van der Waals surface area contributed by atoms with Crippen molar-refractivity contribution >= 4 is 28.8 Å². The molecular weight excluding hydrogens is 342 g/mol. The summed E-state index contributed by atoms with van der Waals surface area (Å²) in [5, 5.41) is 5.70. The Bertz CT molecular complexity index is 757. The fourth-order valence-corrected chi connectivity index (χ4v) is 3.99. The summed E-state index contributed by atoms with van der Waals surface area (Å²) in [6, 6.07) is 7.97. The lowest BCUT2D eigenvalue weighted by atomic mass is 10.2. The second-order valence-electron chi connectivity index (χ2n) is 6.22. The monoisotopic (exact) mass is 363 g/mol. The van der Waals surface area contributed by atoms with Gasteiger partial charge < -0.3 is 9.88 Å². The first-order valence-corrected chi connectivity index (χ1v) is 9.56. The van der Waals surface area contributed by atoms with Gasteiger partial charge >= 0.3 is 0 Å². The minimum absolute atomic E-state index is 0.0192. The molecule has 1 aliphatic rings. The molecule has 0 spiro atoms. The number of aromatic nitrogens is 1. The average Bonchev–Trinajstić information content (AvgIpc) is 3.20. The number of carbonyl (C=O) groups excluding carboxylic acids is 1. The maximum atomic E-state index is 12.2. The Hall–Kier alpha value is -1.59. The molecule has 1 aromatic carbocycles. The Kier molecular flexibility index (Phi) is 5.74. The Morgan fingerprint density at radius 2 is 2.04 bits per heavy atom. The van der Waals surface area contributed by atoms with Gasteiger partial charge in [0.2, 0.25) is 5.91 Å². The largest absolute Gasteiger partial charge is 0.352 e. The minimum atomic E-state index is 0.0192. The summed E-state index contributed by atoms with van der Waals surface area (Å²) in [6.07, 6.45) is 5.32. The van der Waals surface area contributed by atoms with Crippen molar-refractivity contribution in [3.63, 3.8) is 0 Å². The van der Waals surface area contributed by atoms with Gasteiger partial charge in [0, 0.05) is 29.7 Å². The van der Waals surface area contributed by atoms with E-state index in [0.717, 1.165) is 16.1 Å². The van der Waals surface area contributed by atoms with E-state index < -0.39 is 0 Å². The summed E-state index contributed by atoms with van der Waals surface area (Å²) in [5.41, 5.74) is 2.05. The molecule has 1 saturated carbocycles. The number of hydrogen-bond acceptors (Lipinski definition) is 3. The first-order chi connectivity index (χ1) is 11.6. The van der Waals surface area contributed by atoms with Crippen LogP contribution in [-0.4, -0.2) is 16.5 Å². The molecule has 2 aromatic rings. The summed E-state index contributed by atoms with van der Waals surface area (Å²) >= 11 is 7.49. The van der Waals surface area contributed by atoms with E-state index in [4.69, 9.17) is 16.6 Å². The van der Waals surface area contributed by atoms with E-state index in [1.165, 1.54) is 25.7 Å². The van der Waals surface area contributed by atoms with Crippen LogP contribution in [0.4, 0.5) is 0 Å². The van der Waals surface area contributed by atoms with Crippen molar-refractivity contribution in [1.82, 2.24) is 9.88 Å². The Morgan fingerprint density at radius 3 is 2.75 bits per heavy atom. The molecular formula is C18H22ClN3OS.